The topological polar surface area (TPSA) is 97.8 Å². The van der Waals surface area contributed by atoms with E-state index >= 15 is 0 Å². The first kappa shape index (κ1) is 32.1. The van der Waals surface area contributed by atoms with E-state index in [9.17, 15) is 14.4 Å². The van der Waals surface area contributed by atoms with E-state index in [0.717, 1.165) is 47.9 Å². The summed E-state index contributed by atoms with van der Waals surface area (Å²) in [5, 5.41) is 0.533. The molecular weight excluding hydrogens is 623 g/mol. The maximum absolute atomic E-state index is 14.5. The normalized spacial score (nSPS) is 26.9. The molecule has 2 amide bonds. The number of amides is 2. The van der Waals surface area contributed by atoms with E-state index in [1.165, 1.54) is 11.3 Å². The molecule has 248 valence electrons. The molecular formula is C39H41N3O5S. The van der Waals surface area contributed by atoms with E-state index in [1.807, 2.05) is 60.7 Å². The maximum Gasteiger partial charge on any atom is 0.274 e. The monoisotopic (exact) mass is 663 g/mol. The highest BCUT2D eigenvalue weighted by Crippen LogP contribution is 2.57. The van der Waals surface area contributed by atoms with Gasteiger partial charge in [-0.25, -0.2) is 4.98 Å². The number of nitrogens with zero attached hydrogens (tertiary/aromatic N) is 2. The van der Waals surface area contributed by atoms with Crippen LogP contribution in [-0.4, -0.2) is 46.2 Å². The van der Waals surface area contributed by atoms with Gasteiger partial charge in [0.2, 0.25) is 5.91 Å². The lowest BCUT2D eigenvalue weighted by Gasteiger charge is -2.29. The first-order valence-corrected chi connectivity index (χ1v) is 17.9. The first-order valence-electron chi connectivity index (χ1n) is 17.1. The lowest BCUT2D eigenvalue weighted by Crippen LogP contribution is -2.46. The van der Waals surface area contributed by atoms with Gasteiger partial charge in [0.25, 0.3) is 11.1 Å². The van der Waals surface area contributed by atoms with Crippen LogP contribution in [0.3, 0.4) is 0 Å². The zero-order valence-corrected chi connectivity index (χ0v) is 27.8. The molecule has 1 saturated heterocycles. The predicted octanol–water partition coefficient (Wildman–Crippen LogP) is 7.10. The van der Waals surface area contributed by atoms with E-state index in [0.29, 0.717) is 36.8 Å². The van der Waals surface area contributed by atoms with Gasteiger partial charge in [0.1, 0.15) is 6.10 Å². The Morgan fingerprint density at radius 2 is 1.73 bits per heavy atom. The number of ketones is 1. The highest BCUT2D eigenvalue weighted by atomic mass is 32.1. The van der Waals surface area contributed by atoms with Crippen molar-refractivity contribution in [3.63, 3.8) is 0 Å². The number of hydrogen-bond acceptors (Lipinski definition) is 7. The summed E-state index contributed by atoms with van der Waals surface area (Å²) in [6, 6.07) is 26.4. The van der Waals surface area contributed by atoms with Crippen LogP contribution < -0.4 is 15.1 Å². The summed E-state index contributed by atoms with van der Waals surface area (Å²) >= 11 is 1.47. The summed E-state index contributed by atoms with van der Waals surface area (Å²) in [6.07, 6.45) is 10.0. The largest absolute Gasteiger partial charge is 0.465 e. The second-order valence-corrected chi connectivity index (χ2v) is 14.3. The number of Topliss-reactive ketones (excluding diaryl/α,β-unsaturated/α-hetero) is 1. The number of thiazole rings is 1. The van der Waals surface area contributed by atoms with Crippen LogP contribution in [0.1, 0.15) is 56.9 Å². The van der Waals surface area contributed by atoms with Gasteiger partial charge in [-0.3, -0.25) is 14.4 Å². The molecule has 0 bridgehead atoms. The number of ether oxygens (including phenoxy) is 1. The number of aromatic nitrogens is 1. The molecule has 4 aromatic rings. The molecule has 1 aromatic heterocycles. The zero-order valence-electron chi connectivity index (χ0n) is 27.0. The Labute approximate surface area is 285 Å². The Kier molecular flexibility index (Phi) is 9.57. The molecule has 5 atom stereocenters. The van der Waals surface area contributed by atoms with Crippen molar-refractivity contribution in [3.8, 4) is 10.9 Å². The molecule has 2 fully saturated rings. The molecule has 1 N–H and O–H groups in total. The molecule has 0 spiro atoms. The number of hydroxylamine groups is 1. The van der Waals surface area contributed by atoms with Crippen LogP contribution in [0.4, 0.5) is 0 Å². The summed E-state index contributed by atoms with van der Waals surface area (Å²) in [6.45, 7) is 0.302. The maximum atomic E-state index is 14.5. The van der Waals surface area contributed by atoms with Crippen molar-refractivity contribution in [3.05, 3.63) is 103 Å². The van der Waals surface area contributed by atoms with Crippen molar-refractivity contribution >= 4 is 39.2 Å². The Morgan fingerprint density at radius 1 is 0.958 bits per heavy atom. The third kappa shape index (κ3) is 7.16. The molecule has 2 aliphatic heterocycles. The fourth-order valence-corrected chi connectivity index (χ4v) is 8.15. The minimum atomic E-state index is -0.924. The van der Waals surface area contributed by atoms with Gasteiger partial charge < -0.3 is 14.5 Å². The van der Waals surface area contributed by atoms with E-state index in [1.54, 1.807) is 17.0 Å². The van der Waals surface area contributed by atoms with Crippen molar-refractivity contribution in [2.24, 2.45) is 17.3 Å². The van der Waals surface area contributed by atoms with Crippen LogP contribution in [0, 0.1) is 17.3 Å². The molecule has 48 heavy (non-hydrogen) atoms. The molecule has 3 aromatic carbocycles. The molecule has 3 heterocycles. The van der Waals surface area contributed by atoms with Crippen molar-refractivity contribution in [2.45, 2.75) is 69.9 Å². The average Bonchev–Trinajstić information content (AvgIpc) is 3.41. The first-order chi connectivity index (χ1) is 23.5. The highest BCUT2D eigenvalue weighted by molar-refractivity contribution is 7.20. The molecule has 7 rings (SSSR count). The van der Waals surface area contributed by atoms with E-state index in [4.69, 9.17) is 9.57 Å². The lowest BCUT2D eigenvalue weighted by atomic mass is 9.90. The molecule has 3 aliphatic rings. The Balaban J connectivity index is 1.16. The molecule has 8 nitrogen and oxygen atoms in total. The molecule has 1 saturated carbocycles. The Morgan fingerprint density at radius 3 is 2.54 bits per heavy atom. The van der Waals surface area contributed by atoms with Crippen LogP contribution >= 0.6 is 11.3 Å². The van der Waals surface area contributed by atoms with Gasteiger partial charge in [0.05, 0.1) is 28.2 Å². The smallest absolute Gasteiger partial charge is 0.274 e. The van der Waals surface area contributed by atoms with Crippen molar-refractivity contribution in [1.29, 1.82) is 0 Å². The van der Waals surface area contributed by atoms with Gasteiger partial charge in [-0.2, -0.15) is 5.48 Å². The van der Waals surface area contributed by atoms with Gasteiger partial charge >= 0.3 is 0 Å². The zero-order chi connectivity index (χ0) is 32.9. The summed E-state index contributed by atoms with van der Waals surface area (Å²) in [7, 11) is 0. The number of hydrogen-bond donors (Lipinski definition) is 1. The number of nitrogens with one attached hydrogen (secondary N) is 1. The third-order valence-electron chi connectivity index (χ3n) is 10.0. The van der Waals surface area contributed by atoms with E-state index < -0.39 is 11.5 Å². The fourth-order valence-electron chi connectivity index (χ4n) is 7.27. The summed E-state index contributed by atoms with van der Waals surface area (Å²) in [5.74, 6) is -0.243. The molecule has 9 heteroatoms. The lowest BCUT2D eigenvalue weighted by molar-refractivity contribution is -0.143. The second-order valence-electron chi connectivity index (χ2n) is 13.3. The second kappa shape index (κ2) is 14.3. The number of fused-ring (bicyclic) bond motifs is 3. The van der Waals surface area contributed by atoms with Gasteiger partial charge in [-0.05, 0) is 67.9 Å². The number of carbonyl (C=O) groups excluding carboxylic acids is 3. The van der Waals surface area contributed by atoms with Crippen molar-refractivity contribution in [1.82, 2.24) is 15.4 Å². The van der Waals surface area contributed by atoms with Gasteiger partial charge in [0, 0.05) is 18.8 Å². The number of carbonyl (C=O) groups is 3. The van der Waals surface area contributed by atoms with Crippen molar-refractivity contribution in [2.75, 3.05) is 6.54 Å². The third-order valence-corrected chi connectivity index (χ3v) is 10.9. The van der Waals surface area contributed by atoms with Gasteiger partial charge in [-0.1, -0.05) is 97.0 Å². The van der Waals surface area contributed by atoms with Gasteiger partial charge in [-0.15, -0.1) is 0 Å². The van der Waals surface area contributed by atoms with Crippen molar-refractivity contribution < 1.29 is 24.0 Å². The fraction of sp³-hybridized carbons (Fsp3) is 0.385. The standard InChI is InChI=1S/C39H41N3O5S/c43-34-25-39(37(45)41-47-30-18-10-5-11-19-30)24-29(39)17-9-3-1-2-8-16-28(22-27-14-6-4-7-15-27)36(44)42-26-31(23-33(34)42)46-38-40-32-20-12-13-21-35(32)48-38/h4-7,9-15,17-21,28-29,31,33H,1-3,8,16,22-26H2,(H,41,45)/b17-9-/t28-,29+,31-,33+,39-/m1/s1. The predicted molar refractivity (Wildman–Crippen MR) is 185 cm³/mol. The Hall–Kier alpha value is -4.50. The molecule has 1 aliphatic carbocycles. The van der Waals surface area contributed by atoms with Crippen LogP contribution in [0.25, 0.3) is 10.2 Å². The Bertz CT molecular complexity index is 1740. The summed E-state index contributed by atoms with van der Waals surface area (Å²) in [5.41, 5.74) is 3.68. The van der Waals surface area contributed by atoms with Crippen LogP contribution in [0.15, 0.2) is 97.1 Å². The van der Waals surface area contributed by atoms with E-state index in [2.05, 4.69) is 34.7 Å². The number of benzene rings is 3. The van der Waals surface area contributed by atoms with Gasteiger partial charge in [0.15, 0.2) is 11.5 Å². The van der Waals surface area contributed by atoms with Crippen LogP contribution in [-0.2, 0) is 20.8 Å². The summed E-state index contributed by atoms with van der Waals surface area (Å²) in [4.78, 5) is 54.7. The van der Waals surface area contributed by atoms with E-state index in [-0.39, 0.29) is 42.0 Å². The number of rotatable bonds is 7. The minimum absolute atomic E-state index is 0.0149. The van der Waals surface area contributed by atoms with Crippen LogP contribution in [0.5, 0.6) is 10.9 Å². The highest BCUT2D eigenvalue weighted by Gasteiger charge is 2.61. The minimum Gasteiger partial charge on any atom is -0.465 e. The SMILES string of the molecule is O=C1C[C@]2(C(=O)NOc3ccccc3)C[C@@H]2/C=C\CCCCC[C@H](Cc2ccccc2)C(=O)N2C[C@H](Oc3nc4ccccc4s3)C[C@@H]12. The quantitative estimate of drug-likeness (QED) is 0.167. The number of para-hydroxylation sites is 2. The molecule has 0 radical (unpaired) electrons. The van der Waals surface area contributed by atoms with Crippen LogP contribution in [0.2, 0.25) is 0 Å². The summed E-state index contributed by atoms with van der Waals surface area (Å²) < 4.78 is 7.42. The number of allylic oxidation sites excluding steroid dienone is 2. The molecule has 0 unspecified atom stereocenters. The average molecular weight is 664 g/mol.